The fraction of sp³-hybridized carbons (Fsp3) is 0.417. The third-order valence-corrected chi connectivity index (χ3v) is 5.85. The van der Waals surface area contributed by atoms with E-state index in [1.54, 1.807) is 12.1 Å². The molecule has 4 rings (SSSR count). The molecular formula is C24H30Cl2F3N5O. The van der Waals surface area contributed by atoms with Crippen molar-refractivity contribution in [3.63, 3.8) is 0 Å². The minimum absolute atomic E-state index is 0. The number of benzene rings is 2. The van der Waals surface area contributed by atoms with Crippen LogP contribution in [0.4, 0.5) is 24.9 Å². The highest BCUT2D eigenvalue weighted by Crippen LogP contribution is 2.28. The Labute approximate surface area is 215 Å². The van der Waals surface area contributed by atoms with E-state index in [0.29, 0.717) is 18.1 Å². The number of hydrogen-bond donors (Lipinski definition) is 2. The minimum Gasteiger partial charge on any atom is -0.405 e. The Morgan fingerprint density at radius 2 is 1.54 bits per heavy atom. The lowest BCUT2D eigenvalue weighted by Crippen LogP contribution is -2.37. The average molecular weight is 532 g/mol. The zero-order valence-corrected chi connectivity index (χ0v) is 21.1. The molecule has 6 nitrogen and oxygen atoms in total. The number of ether oxygens (including phenoxy) is 1. The van der Waals surface area contributed by atoms with Gasteiger partial charge in [-0.1, -0.05) is 30.3 Å². The summed E-state index contributed by atoms with van der Waals surface area (Å²) in [5.41, 5.74) is 1.39. The van der Waals surface area contributed by atoms with Crippen molar-refractivity contribution in [1.82, 2.24) is 15.3 Å². The molecule has 35 heavy (non-hydrogen) atoms. The predicted molar refractivity (Wildman–Crippen MR) is 138 cm³/mol. The van der Waals surface area contributed by atoms with Crippen LogP contribution in [-0.4, -0.2) is 42.5 Å². The summed E-state index contributed by atoms with van der Waals surface area (Å²) < 4.78 is 42.0. The maximum atomic E-state index is 12.6. The van der Waals surface area contributed by atoms with E-state index >= 15 is 0 Å². The number of alkyl halides is 3. The molecule has 1 aliphatic rings. The van der Waals surface area contributed by atoms with E-state index < -0.39 is 6.36 Å². The SMILES string of the molecule is CN(C)c1nc(NC2CCC(NCc3ccccc3OC(F)(F)F)CC2)nc2ccccc12.Cl.Cl. The van der Waals surface area contributed by atoms with E-state index in [4.69, 9.17) is 4.98 Å². The van der Waals surface area contributed by atoms with Crippen molar-refractivity contribution in [1.29, 1.82) is 0 Å². The zero-order valence-electron chi connectivity index (χ0n) is 19.5. The molecule has 0 radical (unpaired) electrons. The van der Waals surface area contributed by atoms with Crippen LogP contribution < -0.4 is 20.3 Å². The van der Waals surface area contributed by atoms with Gasteiger partial charge in [0.15, 0.2) is 0 Å². The lowest BCUT2D eigenvalue weighted by Gasteiger charge is -2.30. The van der Waals surface area contributed by atoms with Crippen LogP contribution in [0.5, 0.6) is 5.75 Å². The van der Waals surface area contributed by atoms with Crippen LogP contribution in [0.1, 0.15) is 31.2 Å². The predicted octanol–water partition coefficient (Wildman–Crippen LogP) is 5.95. The summed E-state index contributed by atoms with van der Waals surface area (Å²) in [5, 5.41) is 7.87. The minimum atomic E-state index is -4.70. The van der Waals surface area contributed by atoms with Crippen LogP contribution in [0.15, 0.2) is 48.5 Å². The summed E-state index contributed by atoms with van der Waals surface area (Å²) in [4.78, 5) is 11.4. The van der Waals surface area contributed by atoms with E-state index in [0.717, 1.165) is 42.4 Å². The molecule has 0 bridgehead atoms. The van der Waals surface area contributed by atoms with Crippen LogP contribution in [0.25, 0.3) is 10.9 Å². The molecule has 0 spiro atoms. The molecular weight excluding hydrogens is 502 g/mol. The van der Waals surface area contributed by atoms with Crippen molar-refractivity contribution < 1.29 is 17.9 Å². The monoisotopic (exact) mass is 531 g/mol. The van der Waals surface area contributed by atoms with Crippen LogP contribution in [-0.2, 0) is 6.54 Å². The number of rotatable bonds is 7. The second-order valence-corrected chi connectivity index (χ2v) is 8.51. The molecule has 0 amide bonds. The number of halogens is 5. The number of para-hydroxylation sites is 2. The molecule has 192 valence electrons. The summed E-state index contributed by atoms with van der Waals surface area (Å²) in [6.07, 6.45) is -1.03. The Balaban J connectivity index is 0.00000216. The fourth-order valence-electron chi connectivity index (χ4n) is 4.22. The molecule has 0 atom stereocenters. The second kappa shape index (κ2) is 12.5. The van der Waals surface area contributed by atoms with Gasteiger partial charge in [0, 0.05) is 43.7 Å². The van der Waals surface area contributed by atoms with Crippen molar-refractivity contribution in [2.75, 3.05) is 24.3 Å². The number of hydrogen-bond acceptors (Lipinski definition) is 6. The van der Waals surface area contributed by atoms with E-state index in [1.165, 1.54) is 12.1 Å². The zero-order chi connectivity index (χ0) is 23.4. The van der Waals surface area contributed by atoms with Gasteiger partial charge in [0.05, 0.1) is 5.52 Å². The first kappa shape index (κ1) is 28.7. The largest absolute Gasteiger partial charge is 0.573 e. The van der Waals surface area contributed by atoms with Crippen molar-refractivity contribution in [3.8, 4) is 5.75 Å². The van der Waals surface area contributed by atoms with Gasteiger partial charge in [-0.3, -0.25) is 0 Å². The number of nitrogens with one attached hydrogen (secondary N) is 2. The molecule has 2 N–H and O–H groups in total. The Hall–Kier alpha value is -2.49. The summed E-state index contributed by atoms with van der Waals surface area (Å²) >= 11 is 0. The van der Waals surface area contributed by atoms with Gasteiger partial charge in [-0.15, -0.1) is 38.0 Å². The smallest absolute Gasteiger partial charge is 0.405 e. The van der Waals surface area contributed by atoms with Gasteiger partial charge in [0.1, 0.15) is 11.6 Å². The Morgan fingerprint density at radius 1 is 0.914 bits per heavy atom. The van der Waals surface area contributed by atoms with Crippen molar-refractivity contribution in [2.45, 2.75) is 50.7 Å². The number of anilines is 2. The van der Waals surface area contributed by atoms with Gasteiger partial charge in [-0.25, -0.2) is 4.98 Å². The van der Waals surface area contributed by atoms with E-state index in [2.05, 4.69) is 20.4 Å². The highest BCUT2D eigenvalue weighted by Gasteiger charge is 2.32. The lowest BCUT2D eigenvalue weighted by molar-refractivity contribution is -0.274. The Kier molecular flexibility index (Phi) is 10.2. The van der Waals surface area contributed by atoms with Crippen LogP contribution in [0, 0.1) is 0 Å². The highest BCUT2D eigenvalue weighted by molar-refractivity contribution is 5.90. The number of nitrogens with zero attached hydrogens (tertiary/aromatic N) is 3. The third-order valence-electron chi connectivity index (χ3n) is 5.85. The van der Waals surface area contributed by atoms with Gasteiger partial charge in [-0.05, 0) is 43.9 Å². The molecule has 1 fully saturated rings. The van der Waals surface area contributed by atoms with Crippen molar-refractivity contribution >= 4 is 47.5 Å². The second-order valence-electron chi connectivity index (χ2n) is 8.51. The first-order valence-electron chi connectivity index (χ1n) is 11.1. The molecule has 2 aromatic carbocycles. The number of fused-ring (bicyclic) bond motifs is 1. The van der Waals surface area contributed by atoms with Crippen LogP contribution in [0.3, 0.4) is 0 Å². The van der Waals surface area contributed by atoms with Gasteiger partial charge >= 0.3 is 6.36 Å². The topological polar surface area (TPSA) is 62.3 Å². The van der Waals surface area contributed by atoms with Gasteiger partial charge in [0.25, 0.3) is 0 Å². The van der Waals surface area contributed by atoms with E-state index in [-0.39, 0.29) is 42.6 Å². The first-order chi connectivity index (χ1) is 15.8. The van der Waals surface area contributed by atoms with Gasteiger partial charge in [-0.2, -0.15) is 4.98 Å². The maximum Gasteiger partial charge on any atom is 0.573 e. The molecule has 1 aromatic heterocycles. The summed E-state index contributed by atoms with van der Waals surface area (Å²) in [7, 11) is 3.93. The van der Waals surface area contributed by atoms with E-state index in [9.17, 15) is 13.2 Å². The van der Waals surface area contributed by atoms with Crippen molar-refractivity contribution in [3.05, 3.63) is 54.1 Å². The Morgan fingerprint density at radius 3 is 2.23 bits per heavy atom. The molecule has 1 heterocycles. The molecule has 0 unspecified atom stereocenters. The average Bonchev–Trinajstić information content (AvgIpc) is 2.78. The molecule has 3 aromatic rings. The molecule has 1 saturated carbocycles. The fourth-order valence-corrected chi connectivity index (χ4v) is 4.22. The van der Waals surface area contributed by atoms with Gasteiger partial charge < -0.3 is 20.3 Å². The van der Waals surface area contributed by atoms with Crippen LogP contribution >= 0.6 is 24.8 Å². The van der Waals surface area contributed by atoms with Gasteiger partial charge in [0.2, 0.25) is 5.95 Å². The highest BCUT2D eigenvalue weighted by atomic mass is 35.5. The molecule has 0 saturated heterocycles. The number of aromatic nitrogens is 2. The van der Waals surface area contributed by atoms with Crippen LogP contribution in [0.2, 0.25) is 0 Å². The first-order valence-corrected chi connectivity index (χ1v) is 11.1. The van der Waals surface area contributed by atoms with E-state index in [1.807, 2.05) is 43.3 Å². The molecule has 1 aliphatic carbocycles. The lowest BCUT2D eigenvalue weighted by atomic mass is 9.91. The summed E-state index contributed by atoms with van der Waals surface area (Å²) in [6.45, 7) is 0.328. The quantitative estimate of drug-likeness (QED) is 0.392. The molecule has 0 aliphatic heterocycles. The summed E-state index contributed by atoms with van der Waals surface area (Å²) in [5.74, 6) is 1.34. The van der Waals surface area contributed by atoms with Crippen molar-refractivity contribution in [2.24, 2.45) is 0 Å². The Bertz CT molecular complexity index is 1090. The normalized spacial score (nSPS) is 17.7. The third kappa shape index (κ3) is 7.75. The maximum absolute atomic E-state index is 12.6. The standard InChI is InChI=1S/C24H28F3N5O.2ClH/c1-32(2)22-19-8-4-5-9-20(19)30-23(31-22)29-18-13-11-17(12-14-18)28-15-16-7-3-6-10-21(16)33-24(25,26)27;;/h3-10,17-18,28H,11-15H2,1-2H3,(H,29,30,31);2*1H. The molecule has 11 heteroatoms. The summed E-state index contributed by atoms with van der Waals surface area (Å²) in [6, 6.07) is 14.7.